The van der Waals surface area contributed by atoms with Crippen molar-refractivity contribution in [3.8, 4) is 11.5 Å². The second-order valence-electron chi connectivity index (χ2n) is 4.80. The number of aryl methyl sites for hydroxylation is 1. The lowest BCUT2D eigenvalue weighted by atomic mass is 10.1. The minimum Gasteiger partial charge on any atom is -0.493 e. The Balaban J connectivity index is 2.21. The molecule has 0 radical (unpaired) electrons. The Labute approximate surface area is 134 Å². The zero-order chi connectivity index (χ0) is 16.8. The van der Waals surface area contributed by atoms with Gasteiger partial charge in [0, 0.05) is 0 Å². The highest BCUT2D eigenvalue weighted by molar-refractivity contribution is 5.92. The van der Waals surface area contributed by atoms with Crippen LogP contribution in [-0.2, 0) is 11.2 Å². The maximum Gasteiger partial charge on any atom is 0.343 e. The Morgan fingerprint density at radius 2 is 1.52 bits per heavy atom. The van der Waals surface area contributed by atoms with Crippen LogP contribution in [-0.4, -0.2) is 26.2 Å². The Morgan fingerprint density at radius 1 is 0.870 bits per heavy atom. The number of esters is 2. The zero-order valence-electron chi connectivity index (χ0n) is 13.3. The third kappa shape index (κ3) is 3.88. The average Bonchev–Trinajstić information content (AvgIpc) is 2.61. The molecule has 5 heteroatoms. The van der Waals surface area contributed by atoms with Crippen LogP contribution in [0.25, 0.3) is 0 Å². The normalized spacial score (nSPS) is 10.0. The predicted molar refractivity (Wildman–Crippen MR) is 85.1 cm³/mol. The van der Waals surface area contributed by atoms with E-state index in [1.54, 1.807) is 12.1 Å². The largest absolute Gasteiger partial charge is 0.493 e. The molecule has 5 nitrogen and oxygen atoms in total. The second kappa shape index (κ2) is 7.45. The van der Waals surface area contributed by atoms with Crippen molar-refractivity contribution in [1.82, 2.24) is 0 Å². The van der Waals surface area contributed by atoms with E-state index in [9.17, 15) is 9.59 Å². The smallest absolute Gasteiger partial charge is 0.343 e. The highest BCUT2D eigenvalue weighted by Crippen LogP contribution is 2.29. The third-order valence-corrected chi connectivity index (χ3v) is 3.39. The molecule has 0 aliphatic carbocycles. The Morgan fingerprint density at radius 3 is 2.09 bits per heavy atom. The predicted octanol–water partition coefficient (Wildman–Crippen LogP) is 3.26. The van der Waals surface area contributed by atoms with E-state index in [2.05, 4.69) is 4.74 Å². The van der Waals surface area contributed by atoms with Crippen LogP contribution in [0.4, 0.5) is 0 Å². The van der Waals surface area contributed by atoms with Crippen molar-refractivity contribution in [2.75, 3.05) is 14.2 Å². The first-order valence-corrected chi connectivity index (χ1v) is 7.16. The van der Waals surface area contributed by atoms with Gasteiger partial charge in [0.1, 0.15) is 0 Å². The molecule has 2 rings (SSSR count). The molecule has 0 unspecified atom stereocenters. The first kappa shape index (κ1) is 16.5. The van der Waals surface area contributed by atoms with E-state index in [1.807, 2.05) is 19.1 Å². The number of hydrogen-bond donors (Lipinski definition) is 0. The van der Waals surface area contributed by atoms with Crippen molar-refractivity contribution in [2.45, 2.75) is 13.3 Å². The first-order valence-electron chi connectivity index (χ1n) is 7.16. The molecule has 0 aromatic heterocycles. The summed E-state index contributed by atoms with van der Waals surface area (Å²) in [6, 6.07) is 11.7. The third-order valence-electron chi connectivity index (χ3n) is 3.39. The van der Waals surface area contributed by atoms with Crippen molar-refractivity contribution in [3.63, 3.8) is 0 Å². The Kier molecular flexibility index (Phi) is 5.36. The van der Waals surface area contributed by atoms with Crippen LogP contribution in [0.3, 0.4) is 0 Å². The van der Waals surface area contributed by atoms with Gasteiger partial charge in [0.25, 0.3) is 0 Å². The summed E-state index contributed by atoms with van der Waals surface area (Å²) in [4.78, 5) is 23.7. The SMILES string of the molecule is CCc1ccc(C(=O)Oc2ccc(C(=O)OC)cc2OC)cc1. The van der Waals surface area contributed by atoms with E-state index in [4.69, 9.17) is 9.47 Å². The molecule has 0 spiro atoms. The summed E-state index contributed by atoms with van der Waals surface area (Å²) in [5.41, 5.74) is 1.90. The summed E-state index contributed by atoms with van der Waals surface area (Å²) < 4.78 is 15.2. The molecule has 0 N–H and O–H groups in total. The first-order chi connectivity index (χ1) is 11.1. The lowest BCUT2D eigenvalue weighted by molar-refractivity contribution is 0.0600. The van der Waals surface area contributed by atoms with Gasteiger partial charge in [-0.25, -0.2) is 9.59 Å². The molecule has 2 aromatic carbocycles. The van der Waals surface area contributed by atoms with E-state index in [-0.39, 0.29) is 11.5 Å². The number of carbonyl (C=O) groups is 2. The Hall–Kier alpha value is -2.82. The van der Waals surface area contributed by atoms with E-state index in [0.29, 0.717) is 11.1 Å². The molecule has 0 bridgehead atoms. The van der Waals surface area contributed by atoms with Crippen molar-refractivity contribution >= 4 is 11.9 Å². The number of hydrogen-bond acceptors (Lipinski definition) is 5. The second-order valence-corrected chi connectivity index (χ2v) is 4.80. The van der Waals surface area contributed by atoms with Crippen molar-refractivity contribution in [3.05, 3.63) is 59.2 Å². The molecule has 0 amide bonds. The molecule has 0 atom stereocenters. The molecular formula is C18H18O5. The summed E-state index contributed by atoms with van der Waals surface area (Å²) in [6.45, 7) is 2.04. The molecule has 2 aromatic rings. The van der Waals surface area contributed by atoms with Gasteiger partial charge in [0.05, 0.1) is 25.3 Å². The van der Waals surface area contributed by atoms with Crippen LogP contribution >= 0.6 is 0 Å². The number of ether oxygens (including phenoxy) is 3. The number of rotatable bonds is 5. The fourth-order valence-electron chi connectivity index (χ4n) is 2.03. The van der Waals surface area contributed by atoms with Gasteiger partial charge in [-0.2, -0.15) is 0 Å². The molecule has 0 aliphatic heterocycles. The maximum atomic E-state index is 12.2. The van der Waals surface area contributed by atoms with Gasteiger partial charge in [0.15, 0.2) is 11.5 Å². The highest BCUT2D eigenvalue weighted by atomic mass is 16.6. The van der Waals surface area contributed by atoms with Gasteiger partial charge in [-0.15, -0.1) is 0 Å². The molecule has 23 heavy (non-hydrogen) atoms. The summed E-state index contributed by atoms with van der Waals surface area (Å²) in [5, 5.41) is 0. The van der Waals surface area contributed by atoms with Gasteiger partial charge in [-0.3, -0.25) is 0 Å². The van der Waals surface area contributed by atoms with Crippen LogP contribution in [0, 0.1) is 0 Å². The number of carbonyl (C=O) groups excluding carboxylic acids is 2. The van der Waals surface area contributed by atoms with Crippen LogP contribution in [0.15, 0.2) is 42.5 Å². The topological polar surface area (TPSA) is 61.8 Å². The summed E-state index contributed by atoms with van der Waals surface area (Å²) in [7, 11) is 2.73. The average molecular weight is 314 g/mol. The lowest BCUT2D eigenvalue weighted by Gasteiger charge is -2.10. The van der Waals surface area contributed by atoms with Gasteiger partial charge in [0.2, 0.25) is 0 Å². The number of methoxy groups -OCH3 is 2. The minimum absolute atomic E-state index is 0.240. The van der Waals surface area contributed by atoms with Gasteiger partial charge in [-0.1, -0.05) is 19.1 Å². The van der Waals surface area contributed by atoms with Gasteiger partial charge >= 0.3 is 11.9 Å². The molecule has 0 heterocycles. The van der Waals surface area contributed by atoms with E-state index in [0.717, 1.165) is 12.0 Å². The standard InChI is InChI=1S/C18H18O5/c1-4-12-5-7-13(8-6-12)18(20)23-15-10-9-14(17(19)22-3)11-16(15)21-2/h5-11H,4H2,1-3H3. The van der Waals surface area contributed by atoms with Gasteiger partial charge in [-0.05, 0) is 42.3 Å². The molecular weight excluding hydrogens is 296 g/mol. The number of benzene rings is 2. The summed E-state index contributed by atoms with van der Waals surface area (Å²) >= 11 is 0. The van der Waals surface area contributed by atoms with E-state index >= 15 is 0 Å². The fraction of sp³-hybridized carbons (Fsp3) is 0.222. The molecule has 120 valence electrons. The van der Waals surface area contributed by atoms with Crippen molar-refractivity contribution < 1.29 is 23.8 Å². The molecule has 0 saturated carbocycles. The summed E-state index contributed by atoms with van der Waals surface area (Å²) in [6.07, 6.45) is 0.901. The highest BCUT2D eigenvalue weighted by Gasteiger charge is 2.15. The lowest BCUT2D eigenvalue weighted by Crippen LogP contribution is -2.10. The Bertz CT molecular complexity index is 704. The van der Waals surface area contributed by atoms with Crippen LogP contribution in [0.1, 0.15) is 33.2 Å². The molecule has 0 fully saturated rings. The van der Waals surface area contributed by atoms with Crippen LogP contribution in [0.5, 0.6) is 11.5 Å². The molecule has 0 saturated heterocycles. The fourth-order valence-corrected chi connectivity index (χ4v) is 2.03. The van der Waals surface area contributed by atoms with Crippen molar-refractivity contribution in [1.29, 1.82) is 0 Å². The van der Waals surface area contributed by atoms with E-state index < -0.39 is 11.9 Å². The quantitative estimate of drug-likeness (QED) is 0.626. The van der Waals surface area contributed by atoms with Crippen molar-refractivity contribution in [2.24, 2.45) is 0 Å². The van der Waals surface area contributed by atoms with Crippen LogP contribution < -0.4 is 9.47 Å². The maximum absolute atomic E-state index is 12.2. The van der Waals surface area contributed by atoms with Gasteiger partial charge < -0.3 is 14.2 Å². The monoisotopic (exact) mass is 314 g/mol. The molecule has 0 aliphatic rings. The van der Waals surface area contributed by atoms with Crippen LogP contribution in [0.2, 0.25) is 0 Å². The summed E-state index contributed by atoms with van der Waals surface area (Å²) in [5.74, 6) is -0.454. The minimum atomic E-state index is -0.490. The van der Waals surface area contributed by atoms with E-state index in [1.165, 1.54) is 32.4 Å². The zero-order valence-corrected chi connectivity index (χ0v) is 13.3.